The predicted octanol–water partition coefficient (Wildman–Crippen LogP) is 3.70. The summed E-state index contributed by atoms with van der Waals surface area (Å²) in [4.78, 5) is 10.6. The Morgan fingerprint density at radius 2 is 2.00 bits per heavy atom. The largest absolute Gasteiger partial charge is 0.479 e. The number of ether oxygens (including phenoxy) is 1. The lowest BCUT2D eigenvalue weighted by molar-refractivity contribution is -0.150. The highest BCUT2D eigenvalue weighted by Gasteiger charge is 2.12. The first kappa shape index (κ1) is 13.8. The third-order valence-corrected chi connectivity index (χ3v) is 3.14. The van der Waals surface area contributed by atoms with Gasteiger partial charge in [0.1, 0.15) is 18.1 Å². The Morgan fingerprint density at radius 3 is 2.63 bits per heavy atom. The van der Waals surface area contributed by atoms with Gasteiger partial charge in [0.25, 0.3) is 0 Å². The molecule has 0 saturated heterocycles. The Kier molecular flexibility index (Phi) is 4.39. The minimum Gasteiger partial charge on any atom is -0.479 e. The third-order valence-electron chi connectivity index (χ3n) is 2.61. The van der Waals surface area contributed by atoms with Crippen LogP contribution in [0.3, 0.4) is 0 Å². The summed E-state index contributed by atoms with van der Waals surface area (Å²) in [7, 11) is 0. The molecule has 1 heterocycles. The van der Waals surface area contributed by atoms with E-state index in [4.69, 9.17) is 14.3 Å². The number of carbonyl (C=O) groups is 1. The molecular weight excluding hydrogens is 312 g/mol. The zero-order chi connectivity index (χ0) is 13.8. The van der Waals surface area contributed by atoms with Gasteiger partial charge in [0.05, 0.1) is 0 Å². The van der Waals surface area contributed by atoms with E-state index in [2.05, 4.69) is 15.9 Å². The Hall–Kier alpha value is -1.59. The fourth-order valence-electron chi connectivity index (χ4n) is 1.50. The molecule has 0 spiro atoms. The number of aliphatic carboxylic acids is 1. The Labute approximate surface area is 119 Å². The Bertz CT molecular complexity index is 559. The van der Waals surface area contributed by atoms with Crippen LogP contribution in [0.5, 0.6) is 0 Å². The molecule has 1 aromatic carbocycles. The summed E-state index contributed by atoms with van der Waals surface area (Å²) in [6.07, 6.45) is -0.846. The van der Waals surface area contributed by atoms with E-state index in [0.717, 1.165) is 15.8 Å². The van der Waals surface area contributed by atoms with E-state index in [1.165, 1.54) is 6.92 Å². The van der Waals surface area contributed by atoms with E-state index in [-0.39, 0.29) is 6.61 Å². The molecule has 0 fully saturated rings. The van der Waals surface area contributed by atoms with Crippen molar-refractivity contribution in [1.29, 1.82) is 0 Å². The van der Waals surface area contributed by atoms with Gasteiger partial charge < -0.3 is 14.3 Å². The fraction of sp³-hybridized carbons (Fsp3) is 0.214. The zero-order valence-electron chi connectivity index (χ0n) is 10.3. The molecule has 2 aromatic rings. The third kappa shape index (κ3) is 3.68. The maximum absolute atomic E-state index is 10.6. The van der Waals surface area contributed by atoms with Crippen LogP contribution in [0.25, 0.3) is 11.3 Å². The number of furan rings is 1. The van der Waals surface area contributed by atoms with Gasteiger partial charge in [-0.2, -0.15) is 0 Å². The van der Waals surface area contributed by atoms with Crippen molar-refractivity contribution in [2.75, 3.05) is 0 Å². The first-order chi connectivity index (χ1) is 9.06. The van der Waals surface area contributed by atoms with E-state index in [1.807, 2.05) is 30.3 Å². The first-order valence-electron chi connectivity index (χ1n) is 5.75. The molecule has 1 aromatic heterocycles. The first-order valence-corrected chi connectivity index (χ1v) is 6.54. The summed E-state index contributed by atoms with van der Waals surface area (Å²) in [5, 5.41) is 8.71. The van der Waals surface area contributed by atoms with Crippen molar-refractivity contribution in [3.05, 3.63) is 46.6 Å². The number of benzene rings is 1. The van der Waals surface area contributed by atoms with Gasteiger partial charge in [0.2, 0.25) is 0 Å². The molecule has 2 rings (SSSR count). The summed E-state index contributed by atoms with van der Waals surface area (Å²) >= 11 is 3.37. The smallest absolute Gasteiger partial charge is 0.332 e. The minimum absolute atomic E-state index is 0.143. The molecule has 1 unspecified atom stereocenters. The molecule has 1 atom stereocenters. The van der Waals surface area contributed by atoms with Crippen molar-refractivity contribution >= 4 is 21.9 Å². The predicted molar refractivity (Wildman–Crippen MR) is 73.7 cm³/mol. The molecule has 1 N–H and O–H groups in total. The summed E-state index contributed by atoms with van der Waals surface area (Å²) in [6, 6.07) is 11.4. The molecule has 0 aliphatic heterocycles. The SMILES string of the molecule is CC(OCc1ccc(-c2ccc(Br)cc2)o1)C(=O)O. The summed E-state index contributed by atoms with van der Waals surface area (Å²) in [5.74, 6) is 0.347. The molecule has 0 bridgehead atoms. The van der Waals surface area contributed by atoms with Gasteiger partial charge in [-0.05, 0) is 31.2 Å². The fourth-order valence-corrected chi connectivity index (χ4v) is 1.77. The molecular formula is C14H13BrO4. The van der Waals surface area contributed by atoms with Crippen LogP contribution in [-0.4, -0.2) is 17.2 Å². The quantitative estimate of drug-likeness (QED) is 0.911. The van der Waals surface area contributed by atoms with Gasteiger partial charge in [-0.1, -0.05) is 28.1 Å². The van der Waals surface area contributed by atoms with E-state index < -0.39 is 12.1 Å². The van der Waals surface area contributed by atoms with Crippen molar-refractivity contribution in [2.45, 2.75) is 19.6 Å². The van der Waals surface area contributed by atoms with Crippen molar-refractivity contribution < 1.29 is 19.1 Å². The number of carboxylic acid groups (broad SMARTS) is 1. The van der Waals surface area contributed by atoms with E-state index in [1.54, 1.807) is 6.07 Å². The minimum atomic E-state index is -0.986. The number of hydrogen-bond donors (Lipinski definition) is 1. The van der Waals surface area contributed by atoms with Crippen LogP contribution >= 0.6 is 15.9 Å². The molecule has 0 radical (unpaired) electrons. The van der Waals surface area contributed by atoms with Gasteiger partial charge in [0, 0.05) is 10.0 Å². The molecule has 0 saturated carbocycles. The average Bonchev–Trinajstić information content (AvgIpc) is 2.85. The molecule has 0 aliphatic rings. The van der Waals surface area contributed by atoms with Crippen LogP contribution in [0.2, 0.25) is 0 Å². The molecule has 0 amide bonds. The van der Waals surface area contributed by atoms with E-state index in [0.29, 0.717) is 5.76 Å². The lowest BCUT2D eigenvalue weighted by atomic mass is 10.2. The van der Waals surface area contributed by atoms with Crippen molar-refractivity contribution in [3.8, 4) is 11.3 Å². The number of carboxylic acids is 1. The monoisotopic (exact) mass is 324 g/mol. The molecule has 4 nitrogen and oxygen atoms in total. The van der Waals surface area contributed by atoms with E-state index >= 15 is 0 Å². The Morgan fingerprint density at radius 1 is 1.32 bits per heavy atom. The van der Waals surface area contributed by atoms with Crippen LogP contribution in [-0.2, 0) is 16.1 Å². The summed E-state index contributed by atoms with van der Waals surface area (Å²) in [5.41, 5.74) is 0.959. The molecule has 0 aliphatic carbocycles. The normalized spacial score (nSPS) is 12.3. The van der Waals surface area contributed by atoms with Crippen molar-refractivity contribution in [3.63, 3.8) is 0 Å². The van der Waals surface area contributed by atoms with Crippen LogP contribution in [0, 0.1) is 0 Å². The lowest BCUT2D eigenvalue weighted by Crippen LogP contribution is -2.19. The van der Waals surface area contributed by atoms with Crippen molar-refractivity contribution in [1.82, 2.24) is 0 Å². The van der Waals surface area contributed by atoms with Crippen molar-refractivity contribution in [2.24, 2.45) is 0 Å². The van der Waals surface area contributed by atoms with Gasteiger partial charge >= 0.3 is 5.97 Å². The number of halogens is 1. The van der Waals surface area contributed by atoms with Gasteiger partial charge in [-0.25, -0.2) is 4.79 Å². The van der Waals surface area contributed by atoms with Gasteiger partial charge in [-0.3, -0.25) is 0 Å². The Balaban J connectivity index is 2.03. The topological polar surface area (TPSA) is 59.7 Å². The molecule has 100 valence electrons. The maximum atomic E-state index is 10.6. The highest BCUT2D eigenvalue weighted by atomic mass is 79.9. The summed E-state index contributed by atoms with van der Waals surface area (Å²) in [6.45, 7) is 1.63. The highest BCUT2D eigenvalue weighted by molar-refractivity contribution is 9.10. The maximum Gasteiger partial charge on any atom is 0.332 e. The van der Waals surface area contributed by atoms with Crippen LogP contribution in [0.4, 0.5) is 0 Å². The lowest BCUT2D eigenvalue weighted by Gasteiger charge is -2.06. The standard InChI is InChI=1S/C14H13BrO4/c1-9(14(16)17)18-8-12-6-7-13(19-12)10-2-4-11(15)5-3-10/h2-7,9H,8H2,1H3,(H,16,17). The zero-order valence-corrected chi connectivity index (χ0v) is 11.9. The average molecular weight is 325 g/mol. The van der Waals surface area contributed by atoms with Crippen LogP contribution < -0.4 is 0 Å². The van der Waals surface area contributed by atoms with E-state index in [9.17, 15) is 4.79 Å². The second-order valence-corrected chi connectivity index (χ2v) is 4.98. The second kappa shape index (κ2) is 6.04. The number of rotatable bonds is 5. The highest BCUT2D eigenvalue weighted by Crippen LogP contribution is 2.24. The second-order valence-electron chi connectivity index (χ2n) is 4.06. The van der Waals surface area contributed by atoms with Gasteiger partial charge in [-0.15, -0.1) is 0 Å². The molecule has 19 heavy (non-hydrogen) atoms. The summed E-state index contributed by atoms with van der Waals surface area (Å²) < 4.78 is 11.8. The molecule has 5 heteroatoms. The van der Waals surface area contributed by atoms with Crippen LogP contribution in [0.15, 0.2) is 45.3 Å². The van der Waals surface area contributed by atoms with Crippen LogP contribution in [0.1, 0.15) is 12.7 Å². The van der Waals surface area contributed by atoms with Gasteiger partial charge in [0.15, 0.2) is 6.10 Å². The number of hydrogen-bond acceptors (Lipinski definition) is 3.